The van der Waals surface area contributed by atoms with Crippen molar-refractivity contribution in [2.75, 3.05) is 0 Å². The summed E-state index contributed by atoms with van der Waals surface area (Å²) >= 11 is 0. The Morgan fingerprint density at radius 3 is 1.85 bits per heavy atom. The number of carboxylic acids is 1. The van der Waals surface area contributed by atoms with Crippen molar-refractivity contribution in [3.63, 3.8) is 0 Å². The minimum atomic E-state index is -1.76. The van der Waals surface area contributed by atoms with E-state index < -0.39 is 36.2 Å². The average Bonchev–Trinajstić information content (AvgIpc) is 2.59. The Hall–Kier alpha value is -1.70. The van der Waals surface area contributed by atoms with Gasteiger partial charge in [-0.3, -0.25) is 19.3 Å². The van der Waals surface area contributed by atoms with Crippen LogP contribution in [0.4, 0.5) is 0 Å². The second-order valence-corrected chi connectivity index (χ2v) is 5.43. The quantitative estimate of drug-likeness (QED) is 0.188. The van der Waals surface area contributed by atoms with Gasteiger partial charge >= 0.3 is 35.5 Å². The van der Waals surface area contributed by atoms with Gasteiger partial charge in [0.25, 0.3) is 11.8 Å². The number of allylic oxidation sites excluding steroid dienone is 3. The Balaban J connectivity index is 0. The first-order chi connectivity index (χ1) is 12.4. The van der Waals surface area contributed by atoms with Crippen LogP contribution in [-0.4, -0.2) is 34.7 Å². The van der Waals surface area contributed by atoms with Crippen molar-refractivity contribution in [3.8, 4) is 0 Å². The van der Waals surface area contributed by atoms with Gasteiger partial charge in [-0.1, -0.05) is 44.9 Å². The number of carboxylic acid groups (broad SMARTS) is 1. The van der Waals surface area contributed by atoms with Gasteiger partial charge in [-0.05, 0) is 31.9 Å². The summed E-state index contributed by atoms with van der Waals surface area (Å²) in [5.41, 5.74) is 0. The van der Waals surface area contributed by atoms with Gasteiger partial charge in [-0.25, -0.2) is 0 Å². The third-order valence-electron chi connectivity index (χ3n) is 3.19. The number of aliphatic carboxylic acids is 1. The van der Waals surface area contributed by atoms with Gasteiger partial charge in [0.15, 0.2) is 0 Å². The number of carbonyl (C=O) groups is 4. The van der Waals surface area contributed by atoms with E-state index >= 15 is 0 Å². The van der Waals surface area contributed by atoms with E-state index in [1.165, 1.54) is 6.08 Å². The molecular weight excluding hydrogens is 361 g/mol. The Kier molecular flexibility index (Phi) is 16.8. The Bertz CT molecular complexity index is 555. The maximum atomic E-state index is 12.4. The smallest absolute Gasteiger partial charge is 0.548 e. The fourth-order valence-electron chi connectivity index (χ4n) is 1.91. The summed E-state index contributed by atoms with van der Waals surface area (Å²) in [5.74, 6) is -4.25. The first kappa shape index (κ1) is 27.5. The summed E-state index contributed by atoms with van der Waals surface area (Å²) in [5, 5.41) is 11.5. The van der Waals surface area contributed by atoms with Crippen LogP contribution in [-0.2, 0) is 23.9 Å². The van der Waals surface area contributed by atoms with Crippen molar-refractivity contribution in [1.29, 1.82) is 0 Å². The molecule has 27 heavy (non-hydrogen) atoms. The second kappa shape index (κ2) is 16.5. The summed E-state index contributed by atoms with van der Waals surface area (Å²) in [6.45, 7) is 5.43. The van der Waals surface area contributed by atoms with Crippen LogP contribution in [0.3, 0.4) is 0 Å². The molecule has 0 aliphatic rings. The second-order valence-electron chi connectivity index (χ2n) is 5.43. The van der Waals surface area contributed by atoms with Crippen molar-refractivity contribution >= 4 is 23.8 Å². The molecule has 0 saturated carbocycles. The number of carbonyl (C=O) groups excluding carboxylic acids is 4. The summed E-state index contributed by atoms with van der Waals surface area (Å²) in [7, 11) is 0. The largest absolute Gasteiger partial charge is 1.00 e. The molecule has 0 radical (unpaired) electrons. The van der Waals surface area contributed by atoms with Crippen molar-refractivity contribution in [1.82, 2.24) is 4.90 Å². The van der Waals surface area contributed by atoms with Crippen LogP contribution >= 0.6 is 0 Å². The third-order valence-corrected chi connectivity index (χ3v) is 3.19. The van der Waals surface area contributed by atoms with Gasteiger partial charge in [0.2, 0.25) is 0 Å². The number of unbranched alkanes of at least 4 members (excludes halogenated alkanes) is 2. The minimum absolute atomic E-state index is 0. The predicted octanol–water partition coefficient (Wildman–Crippen LogP) is -1.36. The molecule has 0 aromatic carbocycles. The number of hydrogen-bond acceptors (Lipinski definition) is 6. The number of imide groups is 1. The van der Waals surface area contributed by atoms with Crippen molar-refractivity contribution in [2.24, 2.45) is 0 Å². The molecule has 0 saturated heterocycles. The number of hydrogen-bond donors (Lipinski definition) is 0. The van der Waals surface area contributed by atoms with Crippen molar-refractivity contribution in [3.05, 3.63) is 36.6 Å². The summed E-state index contributed by atoms with van der Waals surface area (Å²) in [4.78, 5) is 48.5. The molecule has 0 N–H and O–H groups in total. The van der Waals surface area contributed by atoms with Crippen LogP contribution in [0.15, 0.2) is 36.6 Å². The van der Waals surface area contributed by atoms with Gasteiger partial charge in [0.1, 0.15) is 0 Å². The van der Waals surface area contributed by atoms with E-state index in [1.807, 2.05) is 13.8 Å². The number of esters is 1. The molecule has 0 spiro atoms. The number of nitrogens with zero attached hydrogens (tertiary/aromatic N) is 1. The molecule has 2 amide bonds. The van der Waals surface area contributed by atoms with Gasteiger partial charge in [0, 0.05) is 0 Å². The number of rotatable bonds is 11. The Labute approximate surface area is 182 Å². The van der Waals surface area contributed by atoms with Crippen molar-refractivity contribution in [2.45, 2.75) is 58.9 Å². The summed E-state index contributed by atoms with van der Waals surface area (Å²) in [6, 6.07) is -1.76. The predicted molar refractivity (Wildman–Crippen MR) is 94.3 cm³/mol. The number of amides is 2. The van der Waals surface area contributed by atoms with E-state index in [1.54, 1.807) is 19.1 Å². The molecule has 0 aromatic heterocycles. The van der Waals surface area contributed by atoms with E-state index in [0.717, 1.165) is 31.3 Å². The molecule has 0 aliphatic carbocycles. The van der Waals surface area contributed by atoms with Crippen molar-refractivity contribution < 1.29 is 58.6 Å². The Morgan fingerprint density at radius 2 is 1.48 bits per heavy atom. The molecule has 0 bridgehead atoms. The first-order valence-electron chi connectivity index (χ1n) is 8.60. The Morgan fingerprint density at radius 1 is 1.00 bits per heavy atom. The molecule has 7 nitrogen and oxygen atoms in total. The zero-order valence-electron chi connectivity index (χ0n) is 16.5. The molecule has 144 valence electrons. The van der Waals surface area contributed by atoms with Gasteiger partial charge in [-0.15, -0.1) is 0 Å². The molecule has 0 fully saturated rings. The van der Waals surface area contributed by atoms with Crippen LogP contribution in [0.2, 0.25) is 0 Å². The maximum Gasteiger partial charge on any atom is 1.00 e. The zero-order valence-corrected chi connectivity index (χ0v) is 18.5. The van der Waals surface area contributed by atoms with Crippen LogP contribution < -0.4 is 34.7 Å². The van der Waals surface area contributed by atoms with E-state index in [0.29, 0.717) is 17.7 Å². The SMILES string of the molecule is C/C=C/OC(=O)CC(C(=O)[O-])N(C(=O)/C=C/CCC)C(=O)/C=C/CCC.[Na+]. The van der Waals surface area contributed by atoms with Crippen LogP contribution in [0.1, 0.15) is 52.9 Å². The van der Waals surface area contributed by atoms with Gasteiger partial charge in [0.05, 0.1) is 24.7 Å². The molecule has 1 unspecified atom stereocenters. The summed E-state index contributed by atoms with van der Waals surface area (Å²) in [6.07, 6.45) is 9.94. The van der Waals surface area contributed by atoms with Crippen LogP contribution in [0, 0.1) is 0 Å². The molecule has 0 aliphatic heterocycles. The molecule has 8 heteroatoms. The fourth-order valence-corrected chi connectivity index (χ4v) is 1.91. The van der Waals surface area contributed by atoms with E-state index in [4.69, 9.17) is 0 Å². The fraction of sp³-hybridized carbons (Fsp3) is 0.474. The van der Waals surface area contributed by atoms with E-state index in [9.17, 15) is 24.3 Å². The normalized spacial score (nSPS) is 12.1. The maximum absolute atomic E-state index is 12.4. The monoisotopic (exact) mass is 387 g/mol. The van der Waals surface area contributed by atoms with Crippen LogP contribution in [0.25, 0.3) is 0 Å². The first-order valence-corrected chi connectivity index (χ1v) is 8.60. The average molecular weight is 387 g/mol. The molecular formula is C19H26NNaO6. The zero-order chi connectivity index (χ0) is 19.9. The molecule has 0 rings (SSSR count). The van der Waals surface area contributed by atoms with E-state index in [2.05, 4.69) is 4.74 Å². The van der Waals surface area contributed by atoms with Gasteiger partial charge in [-0.2, -0.15) is 0 Å². The van der Waals surface area contributed by atoms with Gasteiger partial charge < -0.3 is 14.6 Å². The molecule has 1 atom stereocenters. The standard InChI is InChI=1S/C19H27NO6.Na/c1-4-7-9-11-16(21)20(17(22)12-10-8-5-2)15(19(24)25)14-18(23)26-13-6-3;/h6,9-13,15H,4-5,7-8,14H2,1-3H3,(H,24,25);/q;+1/p-1/b11-9+,12-10+,13-6+;. The topological polar surface area (TPSA) is 104 Å². The summed E-state index contributed by atoms with van der Waals surface area (Å²) < 4.78 is 4.68. The van der Waals surface area contributed by atoms with Crippen LogP contribution in [0.5, 0.6) is 0 Å². The third kappa shape index (κ3) is 11.6. The molecule has 0 heterocycles. The molecule has 0 aromatic rings. The van der Waals surface area contributed by atoms with E-state index in [-0.39, 0.29) is 29.6 Å². The number of ether oxygens (including phenoxy) is 1. The minimum Gasteiger partial charge on any atom is -0.548 e.